The lowest BCUT2D eigenvalue weighted by Crippen LogP contribution is -2.34. The van der Waals surface area contributed by atoms with Crippen molar-refractivity contribution in [3.8, 4) is 0 Å². The Bertz CT molecular complexity index is 461. The van der Waals surface area contributed by atoms with Crippen LogP contribution in [0.25, 0.3) is 0 Å². The maximum Gasteiger partial charge on any atom is 0.257 e. The Morgan fingerprint density at radius 1 is 1.55 bits per heavy atom. The van der Waals surface area contributed by atoms with E-state index in [9.17, 15) is 4.79 Å². The lowest BCUT2D eigenvalue weighted by atomic mass is 10.0. The predicted octanol–water partition coefficient (Wildman–Crippen LogP) is 0.738. The second-order valence-corrected chi connectivity index (χ2v) is 5.71. The number of carbonyl (C=O) groups is 1. The number of carbonyl (C=O) groups excluding carboxylic acids is 1. The molecule has 2 saturated heterocycles. The van der Waals surface area contributed by atoms with Crippen molar-refractivity contribution in [2.75, 3.05) is 33.3 Å². The van der Waals surface area contributed by atoms with Crippen molar-refractivity contribution in [2.24, 2.45) is 0 Å². The minimum atomic E-state index is 0.0381. The van der Waals surface area contributed by atoms with Gasteiger partial charge in [0.05, 0.1) is 23.6 Å². The normalized spacial score (nSPS) is 26.1. The molecule has 2 aliphatic rings. The summed E-state index contributed by atoms with van der Waals surface area (Å²) in [5, 5.41) is 10.4. The molecule has 6 nitrogen and oxygen atoms in total. The van der Waals surface area contributed by atoms with Crippen molar-refractivity contribution in [2.45, 2.75) is 31.3 Å². The molecule has 3 heterocycles. The van der Waals surface area contributed by atoms with Crippen molar-refractivity contribution in [3.63, 3.8) is 0 Å². The van der Waals surface area contributed by atoms with Crippen LogP contribution < -0.4 is 5.32 Å². The molecule has 1 amide bonds. The van der Waals surface area contributed by atoms with Crippen LogP contribution in [0.1, 0.15) is 41.2 Å². The van der Waals surface area contributed by atoms with Crippen molar-refractivity contribution in [1.29, 1.82) is 0 Å². The molecular formula is C14H22N4O2. The summed E-state index contributed by atoms with van der Waals surface area (Å²) in [6, 6.07) is 0. The first-order valence-corrected chi connectivity index (χ1v) is 7.36. The molecular weight excluding hydrogens is 256 g/mol. The van der Waals surface area contributed by atoms with Crippen molar-refractivity contribution in [3.05, 3.63) is 17.5 Å². The molecule has 2 fully saturated rings. The van der Waals surface area contributed by atoms with Gasteiger partial charge in [0.15, 0.2) is 0 Å². The first kappa shape index (κ1) is 13.6. The van der Waals surface area contributed by atoms with Crippen LogP contribution in [-0.2, 0) is 4.74 Å². The van der Waals surface area contributed by atoms with E-state index in [-0.39, 0.29) is 12.0 Å². The van der Waals surface area contributed by atoms with Crippen LogP contribution in [-0.4, -0.2) is 60.4 Å². The van der Waals surface area contributed by atoms with Crippen molar-refractivity contribution >= 4 is 5.91 Å². The van der Waals surface area contributed by atoms with Gasteiger partial charge in [0.1, 0.15) is 0 Å². The number of hydrogen-bond acceptors (Lipinski definition) is 4. The molecule has 2 aliphatic heterocycles. The second-order valence-electron chi connectivity index (χ2n) is 5.71. The summed E-state index contributed by atoms with van der Waals surface area (Å²) in [5.41, 5.74) is 1.68. The summed E-state index contributed by atoms with van der Waals surface area (Å²) < 4.78 is 5.59. The molecule has 3 rings (SSSR count). The van der Waals surface area contributed by atoms with Gasteiger partial charge in [-0.05, 0) is 25.8 Å². The predicted molar refractivity (Wildman–Crippen MR) is 74.7 cm³/mol. The van der Waals surface area contributed by atoms with Crippen molar-refractivity contribution in [1.82, 2.24) is 20.4 Å². The van der Waals surface area contributed by atoms with E-state index < -0.39 is 0 Å². The zero-order valence-electron chi connectivity index (χ0n) is 11.9. The smallest absolute Gasteiger partial charge is 0.257 e. The first-order valence-electron chi connectivity index (χ1n) is 7.36. The van der Waals surface area contributed by atoms with Gasteiger partial charge in [-0.3, -0.25) is 9.89 Å². The molecule has 0 spiro atoms. The minimum absolute atomic E-state index is 0.0381. The van der Waals surface area contributed by atoms with Crippen LogP contribution >= 0.6 is 0 Å². The van der Waals surface area contributed by atoms with E-state index in [2.05, 4.69) is 15.5 Å². The lowest BCUT2D eigenvalue weighted by molar-refractivity contribution is 0.0586. The molecule has 20 heavy (non-hydrogen) atoms. The molecule has 2 N–H and O–H groups in total. The molecule has 0 radical (unpaired) electrons. The van der Waals surface area contributed by atoms with Gasteiger partial charge in [0.2, 0.25) is 0 Å². The van der Waals surface area contributed by atoms with E-state index in [1.807, 2.05) is 7.05 Å². The highest BCUT2D eigenvalue weighted by atomic mass is 16.5. The number of nitrogens with one attached hydrogen (secondary N) is 2. The van der Waals surface area contributed by atoms with Crippen LogP contribution in [0, 0.1) is 0 Å². The summed E-state index contributed by atoms with van der Waals surface area (Å²) in [7, 11) is 1.84. The summed E-state index contributed by atoms with van der Waals surface area (Å²) in [6.07, 6.45) is 5.03. The Hall–Kier alpha value is -1.40. The Morgan fingerprint density at radius 2 is 2.45 bits per heavy atom. The van der Waals surface area contributed by atoms with Gasteiger partial charge in [-0.1, -0.05) is 0 Å². The molecule has 2 atom stereocenters. The molecule has 6 heteroatoms. The van der Waals surface area contributed by atoms with E-state index in [4.69, 9.17) is 4.74 Å². The van der Waals surface area contributed by atoms with Crippen LogP contribution in [0.4, 0.5) is 0 Å². The zero-order chi connectivity index (χ0) is 13.9. The van der Waals surface area contributed by atoms with Crippen LogP contribution in [0.5, 0.6) is 0 Å². The number of ether oxygens (including phenoxy) is 1. The third-order valence-electron chi connectivity index (χ3n) is 4.22. The van der Waals surface area contributed by atoms with Crippen LogP contribution in [0.2, 0.25) is 0 Å². The number of amides is 1. The maximum absolute atomic E-state index is 12.6. The quantitative estimate of drug-likeness (QED) is 0.852. The van der Waals surface area contributed by atoms with Gasteiger partial charge >= 0.3 is 0 Å². The second kappa shape index (κ2) is 5.93. The molecule has 0 bridgehead atoms. The van der Waals surface area contributed by atoms with Gasteiger partial charge in [-0.15, -0.1) is 0 Å². The number of aromatic nitrogens is 2. The highest BCUT2D eigenvalue weighted by Crippen LogP contribution is 2.24. The monoisotopic (exact) mass is 278 g/mol. The summed E-state index contributed by atoms with van der Waals surface area (Å²) in [4.78, 5) is 14.3. The van der Waals surface area contributed by atoms with E-state index in [0.717, 1.165) is 44.7 Å². The molecule has 1 unspecified atom stereocenters. The van der Waals surface area contributed by atoms with E-state index >= 15 is 0 Å². The molecule has 1 aromatic heterocycles. The fraction of sp³-hybridized carbons (Fsp3) is 0.714. The number of aromatic amines is 1. The average Bonchev–Trinajstić information content (AvgIpc) is 3.18. The molecule has 0 saturated carbocycles. The zero-order valence-corrected chi connectivity index (χ0v) is 11.9. The molecule has 1 aromatic rings. The standard InChI is InChI=1S/C14H22N4O2/c1-18(9-11-3-2-6-20-11)14(19)12-8-16-17-13(12)10-4-5-15-7-10/h8,10-11,15H,2-7,9H2,1H3,(H,16,17)/t10?,11-/m0/s1. The van der Waals surface area contributed by atoms with Gasteiger partial charge in [-0.25, -0.2) is 0 Å². The minimum Gasteiger partial charge on any atom is -0.376 e. The Balaban J connectivity index is 1.68. The van der Waals surface area contributed by atoms with Crippen molar-refractivity contribution < 1.29 is 9.53 Å². The Morgan fingerprint density at radius 3 is 3.15 bits per heavy atom. The molecule has 0 aliphatic carbocycles. The van der Waals surface area contributed by atoms with E-state index in [1.165, 1.54) is 0 Å². The lowest BCUT2D eigenvalue weighted by Gasteiger charge is -2.21. The number of likely N-dealkylation sites (N-methyl/N-ethyl adjacent to an activating group) is 1. The van der Waals surface area contributed by atoms with E-state index in [0.29, 0.717) is 18.0 Å². The third kappa shape index (κ3) is 2.71. The van der Waals surface area contributed by atoms with Crippen LogP contribution in [0.3, 0.4) is 0 Å². The summed E-state index contributed by atoms with van der Waals surface area (Å²) in [5.74, 6) is 0.406. The number of H-pyrrole nitrogens is 1. The Labute approximate surface area is 118 Å². The third-order valence-corrected chi connectivity index (χ3v) is 4.22. The molecule has 0 aromatic carbocycles. The largest absolute Gasteiger partial charge is 0.376 e. The summed E-state index contributed by atoms with van der Waals surface area (Å²) in [6.45, 7) is 3.39. The van der Waals surface area contributed by atoms with Gasteiger partial charge in [0, 0.05) is 32.7 Å². The number of hydrogen-bond donors (Lipinski definition) is 2. The van der Waals surface area contributed by atoms with Gasteiger partial charge in [0.25, 0.3) is 5.91 Å². The fourth-order valence-electron chi connectivity index (χ4n) is 3.06. The molecule has 110 valence electrons. The van der Waals surface area contributed by atoms with E-state index in [1.54, 1.807) is 11.1 Å². The maximum atomic E-state index is 12.6. The fourth-order valence-corrected chi connectivity index (χ4v) is 3.06. The SMILES string of the molecule is CN(C[C@@H]1CCCO1)C(=O)c1cn[nH]c1C1CCNC1. The summed E-state index contributed by atoms with van der Waals surface area (Å²) >= 11 is 0. The number of rotatable bonds is 4. The average molecular weight is 278 g/mol. The highest BCUT2D eigenvalue weighted by Gasteiger charge is 2.27. The first-order chi connectivity index (χ1) is 9.75. The van der Waals surface area contributed by atoms with Crippen LogP contribution in [0.15, 0.2) is 6.20 Å². The van der Waals surface area contributed by atoms with Gasteiger partial charge < -0.3 is 15.0 Å². The Kier molecular flexibility index (Phi) is 4.03. The van der Waals surface area contributed by atoms with Gasteiger partial charge in [-0.2, -0.15) is 5.10 Å². The highest BCUT2D eigenvalue weighted by molar-refractivity contribution is 5.95. The number of nitrogens with zero attached hydrogens (tertiary/aromatic N) is 2. The topological polar surface area (TPSA) is 70.2 Å².